The van der Waals surface area contributed by atoms with Crippen LogP contribution in [0.4, 0.5) is 17.1 Å². The number of para-hydroxylation sites is 4. The fraction of sp³-hybridized carbons (Fsp3) is 0.130. The van der Waals surface area contributed by atoms with Crippen molar-refractivity contribution in [3.05, 3.63) is 252 Å². The van der Waals surface area contributed by atoms with Crippen LogP contribution in [0.15, 0.2) is 218 Å². The van der Waals surface area contributed by atoms with E-state index in [0.717, 1.165) is 17.1 Å². The van der Waals surface area contributed by atoms with E-state index < -0.39 is 0 Å². The van der Waals surface area contributed by atoms with Gasteiger partial charge in [-0.15, -0.1) is 0 Å². The topological polar surface area (TPSA) is 8.17 Å². The van der Waals surface area contributed by atoms with Crippen molar-refractivity contribution in [1.82, 2.24) is 4.57 Å². The molecule has 340 valence electrons. The predicted molar refractivity (Wildman–Crippen MR) is 299 cm³/mol. The minimum Gasteiger partial charge on any atom is -0.309 e. The third-order valence-corrected chi connectivity index (χ3v) is 16.8. The van der Waals surface area contributed by atoms with Crippen LogP contribution in [-0.4, -0.2) is 4.57 Å². The van der Waals surface area contributed by atoms with Gasteiger partial charge in [-0.05, 0) is 139 Å². The Morgan fingerprint density at radius 1 is 0.296 bits per heavy atom. The van der Waals surface area contributed by atoms with Crippen LogP contribution in [-0.2, 0) is 16.2 Å². The van der Waals surface area contributed by atoms with Crippen molar-refractivity contribution in [3.8, 4) is 61.3 Å². The molecule has 0 aliphatic heterocycles. The molecule has 0 saturated carbocycles. The molecule has 0 amide bonds. The first kappa shape index (κ1) is 41.7. The van der Waals surface area contributed by atoms with Gasteiger partial charge in [0.15, 0.2) is 0 Å². The molecule has 2 nitrogen and oxygen atoms in total. The quantitative estimate of drug-likeness (QED) is 0.161. The molecule has 3 aliphatic rings. The maximum Gasteiger partial charge on any atom is 0.0541 e. The fourth-order valence-corrected chi connectivity index (χ4v) is 13.2. The van der Waals surface area contributed by atoms with Crippen LogP contribution in [0.3, 0.4) is 0 Å². The molecule has 0 radical (unpaired) electrons. The van der Waals surface area contributed by atoms with E-state index >= 15 is 0 Å². The Morgan fingerprint density at radius 3 is 1.18 bits per heavy atom. The summed E-state index contributed by atoms with van der Waals surface area (Å²) in [4.78, 5) is 2.55. The van der Waals surface area contributed by atoms with Gasteiger partial charge in [0.25, 0.3) is 0 Å². The Bertz CT molecular complexity index is 3840. The molecule has 1 aromatic heterocycles. The number of fused-ring (bicyclic) bond motifs is 12. The molecule has 0 N–H and O–H groups in total. The van der Waals surface area contributed by atoms with Crippen LogP contribution < -0.4 is 4.90 Å². The molecule has 3 aliphatic carbocycles. The molecular weight excluding hydrogens is 857 g/mol. The van der Waals surface area contributed by atoms with Gasteiger partial charge in [-0.1, -0.05) is 199 Å². The molecule has 0 spiro atoms. The van der Waals surface area contributed by atoms with E-state index in [1.165, 1.54) is 117 Å². The molecular formula is C69H54N2. The lowest BCUT2D eigenvalue weighted by molar-refractivity contribution is 0.660. The number of hydrogen-bond donors (Lipinski definition) is 0. The highest BCUT2D eigenvalue weighted by atomic mass is 15.1. The van der Waals surface area contributed by atoms with Crippen molar-refractivity contribution in [1.29, 1.82) is 0 Å². The average molecular weight is 911 g/mol. The van der Waals surface area contributed by atoms with Gasteiger partial charge in [-0.2, -0.15) is 0 Å². The zero-order valence-electron chi connectivity index (χ0n) is 41.2. The summed E-state index contributed by atoms with van der Waals surface area (Å²) in [6, 6.07) is 82.4. The largest absolute Gasteiger partial charge is 0.309 e. The molecule has 2 heteroatoms. The average Bonchev–Trinajstić information content (AvgIpc) is 4.02. The normalized spacial score (nSPS) is 15.0. The molecule has 0 fully saturated rings. The van der Waals surface area contributed by atoms with Crippen LogP contribution >= 0.6 is 0 Å². The Labute approximate surface area is 417 Å². The van der Waals surface area contributed by atoms with Crippen LogP contribution in [0.2, 0.25) is 0 Å². The molecule has 71 heavy (non-hydrogen) atoms. The zero-order chi connectivity index (χ0) is 48.0. The maximum atomic E-state index is 2.55. The second-order valence-corrected chi connectivity index (χ2v) is 21.7. The highest BCUT2D eigenvalue weighted by Gasteiger charge is 2.39. The molecule has 10 aromatic carbocycles. The number of hydrogen-bond acceptors (Lipinski definition) is 1. The number of rotatable bonds is 6. The Morgan fingerprint density at radius 2 is 0.662 bits per heavy atom. The Hall–Kier alpha value is -8.20. The van der Waals surface area contributed by atoms with Crippen molar-refractivity contribution in [3.63, 3.8) is 0 Å². The van der Waals surface area contributed by atoms with Crippen LogP contribution in [0.1, 0.15) is 74.9 Å². The van der Waals surface area contributed by atoms with Crippen molar-refractivity contribution in [2.45, 2.75) is 57.8 Å². The van der Waals surface area contributed by atoms with E-state index in [1.807, 2.05) is 0 Å². The van der Waals surface area contributed by atoms with Gasteiger partial charge in [0.2, 0.25) is 0 Å². The summed E-state index contributed by atoms with van der Waals surface area (Å²) in [6.45, 7) is 14.3. The lowest BCUT2D eigenvalue weighted by atomic mass is 9.81. The minimum absolute atomic E-state index is 0.119. The predicted octanol–water partition coefficient (Wildman–Crippen LogP) is 18.5. The van der Waals surface area contributed by atoms with Crippen molar-refractivity contribution < 1.29 is 0 Å². The lowest BCUT2D eigenvalue weighted by Gasteiger charge is -2.32. The summed E-state index contributed by atoms with van der Waals surface area (Å²) < 4.78 is 2.45. The van der Waals surface area contributed by atoms with E-state index in [1.54, 1.807) is 0 Å². The number of nitrogens with zero attached hydrogens (tertiary/aromatic N) is 2. The van der Waals surface area contributed by atoms with E-state index in [4.69, 9.17) is 0 Å². The zero-order valence-corrected chi connectivity index (χ0v) is 41.2. The van der Waals surface area contributed by atoms with E-state index in [0.29, 0.717) is 0 Å². The number of aromatic nitrogens is 1. The van der Waals surface area contributed by atoms with Gasteiger partial charge >= 0.3 is 0 Å². The number of benzene rings is 10. The van der Waals surface area contributed by atoms with Crippen molar-refractivity contribution in [2.24, 2.45) is 0 Å². The second kappa shape index (κ2) is 14.9. The van der Waals surface area contributed by atoms with Gasteiger partial charge in [-0.3, -0.25) is 0 Å². The van der Waals surface area contributed by atoms with Crippen molar-refractivity contribution in [2.75, 3.05) is 4.90 Å². The highest BCUT2D eigenvalue weighted by molar-refractivity contribution is 6.09. The first-order valence-corrected chi connectivity index (χ1v) is 25.3. The second-order valence-electron chi connectivity index (χ2n) is 21.7. The van der Waals surface area contributed by atoms with E-state index in [-0.39, 0.29) is 16.2 Å². The van der Waals surface area contributed by atoms with Crippen LogP contribution in [0.25, 0.3) is 83.1 Å². The summed E-state index contributed by atoms with van der Waals surface area (Å²) in [6.07, 6.45) is 0. The molecule has 0 unspecified atom stereocenters. The monoisotopic (exact) mass is 910 g/mol. The SMILES string of the molecule is CC1(C)c2ccccc2-c2ccc(-c3ccccc3N(c3ccc4c(c3)C(C)(C)c3cc(-n5c6ccccc6c6ccccc65)ccc3-4)c3ccccc3-c3ccc4c(c3)C(C)(C)c3ccccc3-4)cc21. The Kier molecular flexibility index (Phi) is 8.76. The molecule has 14 rings (SSSR count). The molecule has 0 atom stereocenters. The van der Waals surface area contributed by atoms with Crippen LogP contribution in [0, 0.1) is 0 Å². The van der Waals surface area contributed by atoms with E-state index in [2.05, 4.69) is 269 Å². The summed E-state index contributed by atoms with van der Waals surface area (Å²) in [7, 11) is 0. The molecule has 0 bridgehead atoms. The van der Waals surface area contributed by atoms with Gasteiger partial charge in [0, 0.05) is 49.5 Å². The smallest absolute Gasteiger partial charge is 0.0541 e. The third kappa shape index (κ3) is 5.88. The fourth-order valence-electron chi connectivity index (χ4n) is 13.2. The standard InChI is InChI=1S/C69H54N2/c1-67(2)57-25-13-7-21-49(57)51-35-31-43(39-59(51)67)47-19-9-15-27-63(47)70(64-28-16-10-20-48(64)44-32-36-52-50-22-8-14-26-58(50)68(3,4)60(52)40-44)45-33-37-53-54-38-34-46(42-62(54)69(5,6)61(53)41-45)71-65-29-17-11-23-55(65)56-24-12-18-30-66(56)71/h7-42H,1-6H3. The maximum absolute atomic E-state index is 2.55. The van der Waals surface area contributed by atoms with Gasteiger partial charge in [0.05, 0.1) is 22.4 Å². The molecule has 1 heterocycles. The molecule has 11 aromatic rings. The van der Waals surface area contributed by atoms with Crippen molar-refractivity contribution >= 4 is 38.9 Å². The van der Waals surface area contributed by atoms with Crippen LogP contribution in [0.5, 0.6) is 0 Å². The summed E-state index contributed by atoms with van der Waals surface area (Å²) in [5.74, 6) is 0. The summed E-state index contributed by atoms with van der Waals surface area (Å²) in [5, 5.41) is 2.55. The first-order chi connectivity index (χ1) is 34.5. The molecule has 0 saturated heterocycles. The van der Waals surface area contributed by atoms with Gasteiger partial charge < -0.3 is 9.47 Å². The van der Waals surface area contributed by atoms with Gasteiger partial charge in [0.1, 0.15) is 0 Å². The summed E-state index contributed by atoms with van der Waals surface area (Å²) >= 11 is 0. The minimum atomic E-state index is -0.276. The Balaban J connectivity index is 0.951. The van der Waals surface area contributed by atoms with E-state index in [9.17, 15) is 0 Å². The van der Waals surface area contributed by atoms with Gasteiger partial charge in [-0.25, -0.2) is 0 Å². The summed E-state index contributed by atoms with van der Waals surface area (Å²) in [5.41, 5.74) is 27.5. The highest BCUT2D eigenvalue weighted by Crippen LogP contribution is 2.55. The number of anilines is 3. The lowest BCUT2D eigenvalue weighted by Crippen LogP contribution is -2.18. The first-order valence-electron chi connectivity index (χ1n) is 25.3. The third-order valence-electron chi connectivity index (χ3n) is 16.8.